The third-order valence-electron chi connectivity index (χ3n) is 2.46. The molecule has 0 aliphatic heterocycles. The Morgan fingerprint density at radius 3 is 1.06 bits per heavy atom. The lowest BCUT2D eigenvalue weighted by Gasteiger charge is -1.99. The van der Waals surface area contributed by atoms with Gasteiger partial charge in [-0.25, -0.2) is 0 Å². The highest BCUT2D eigenvalue weighted by atomic mass is 32.2. The number of unbranched alkanes of at least 4 members (excludes halogenated alkanes) is 9. The summed E-state index contributed by atoms with van der Waals surface area (Å²) in [5, 5.41) is 0. The van der Waals surface area contributed by atoms with Gasteiger partial charge in [-0.2, -0.15) is 8.42 Å². The number of hydrogen-bond donors (Lipinski definition) is 1. The summed E-state index contributed by atoms with van der Waals surface area (Å²) in [5.41, 5.74) is 0. The van der Waals surface area contributed by atoms with Gasteiger partial charge in [0, 0.05) is 0 Å². The topological polar surface area (TPSA) is 54.4 Å². The van der Waals surface area contributed by atoms with Gasteiger partial charge in [0.1, 0.15) is 0 Å². The Morgan fingerprint density at radius 2 is 0.882 bits per heavy atom. The fraction of sp³-hybridized carbons (Fsp3) is 1.00. The van der Waals surface area contributed by atoms with Gasteiger partial charge in [-0.05, 0) is 0 Å². The van der Waals surface area contributed by atoms with Crippen LogP contribution in [0.25, 0.3) is 0 Å². The first-order valence-corrected chi connectivity index (χ1v) is 8.69. The minimum absolute atomic E-state index is 0.715. The van der Waals surface area contributed by atoms with Crippen molar-refractivity contribution in [1.82, 2.24) is 0 Å². The van der Waals surface area contributed by atoms with Gasteiger partial charge in [0.2, 0.25) is 0 Å². The smallest absolute Gasteiger partial charge is 0.261 e. The average molecular weight is 266 g/mol. The van der Waals surface area contributed by atoms with Crippen LogP contribution < -0.4 is 0 Å². The van der Waals surface area contributed by atoms with Gasteiger partial charge < -0.3 is 0 Å². The molecule has 0 fully saturated rings. The fourth-order valence-corrected chi connectivity index (χ4v) is 1.56. The van der Waals surface area contributed by atoms with E-state index in [0.717, 1.165) is 0 Å². The summed E-state index contributed by atoms with van der Waals surface area (Å²) in [6.45, 7) is 4.56. The molecule has 0 aliphatic rings. The zero-order chi connectivity index (χ0) is 13.6. The van der Waals surface area contributed by atoms with Gasteiger partial charge in [-0.3, -0.25) is 4.55 Å². The van der Waals surface area contributed by atoms with E-state index in [1.165, 1.54) is 64.2 Å². The van der Waals surface area contributed by atoms with Crippen molar-refractivity contribution in [2.24, 2.45) is 0 Å². The van der Waals surface area contributed by atoms with Gasteiger partial charge in [-0.1, -0.05) is 78.1 Å². The molecule has 0 radical (unpaired) electrons. The summed E-state index contributed by atoms with van der Waals surface area (Å²) in [7, 11) is -3.67. The molecule has 0 aromatic carbocycles. The summed E-state index contributed by atoms with van der Waals surface area (Å²) in [6.07, 6.45) is 15.2. The van der Waals surface area contributed by atoms with Crippen LogP contribution in [-0.2, 0) is 10.1 Å². The Labute approximate surface area is 108 Å². The van der Waals surface area contributed by atoms with Crippen molar-refractivity contribution in [3.63, 3.8) is 0 Å². The maximum absolute atomic E-state index is 9.19. The summed E-state index contributed by atoms with van der Waals surface area (Å²) in [5.74, 6) is 0. The van der Waals surface area contributed by atoms with Crippen LogP contribution >= 0.6 is 0 Å². The van der Waals surface area contributed by atoms with E-state index < -0.39 is 10.1 Å². The molecule has 0 saturated carbocycles. The second-order valence-electron chi connectivity index (χ2n) is 4.56. The van der Waals surface area contributed by atoms with Gasteiger partial charge in [-0.15, -0.1) is 0 Å². The van der Waals surface area contributed by atoms with Crippen LogP contribution in [0.3, 0.4) is 0 Å². The fourth-order valence-electron chi connectivity index (χ4n) is 1.56. The molecule has 0 spiro atoms. The Morgan fingerprint density at radius 1 is 0.706 bits per heavy atom. The first kappa shape index (κ1) is 19.3. The average Bonchev–Trinajstić information content (AvgIpc) is 2.20. The van der Waals surface area contributed by atoms with Crippen molar-refractivity contribution in [2.45, 2.75) is 78.1 Å². The van der Waals surface area contributed by atoms with Gasteiger partial charge in [0.05, 0.1) is 6.26 Å². The van der Waals surface area contributed by atoms with Crippen LogP contribution in [-0.4, -0.2) is 19.2 Å². The van der Waals surface area contributed by atoms with E-state index in [0.29, 0.717) is 6.26 Å². The molecule has 1 N–H and O–H groups in total. The van der Waals surface area contributed by atoms with Gasteiger partial charge in [0.25, 0.3) is 10.1 Å². The van der Waals surface area contributed by atoms with Crippen LogP contribution in [0.1, 0.15) is 78.1 Å². The molecule has 4 heteroatoms. The molecule has 17 heavy (non-hydrogen) atoms. The van der Waals surface area contributed by atoms with E-state index in [2.05, 4.69) is 13.8 Å². The van der Waals surface area contributed by atoms with E-state index in [1.54, 1.807) is 0 Å². The van der Waals surface area contributed by atoms with Gasteiger partial charge in [0.15, 0.2) is 0 Å². The SMILES string of the molecule is CCCCCCCCCCCC.CS(=O)(=O)O. The number of hydrogen-bond acceptors (Lipinski definition) is 2. The predicted molar refractivity (Wildman–Crippen MR) is 75.0 cm³/mol. The van der Waals surface area contributed by atoms with Crippen LogP contribution in [0.2, 0.25) is 0 Å². The molecule has 0 aliphatic carbocycles. The molecule has 0 aromatic rings. The summed E-state index contributed by atoms with van der Waals surface area (Å²) >= 11 is 0. The molecule has 0 amide bonds. The zero-order valence-corrected chi connectivity index (χ0v) is 12.6. The third-order valence-corrected chi connectivity index (χ3v) is 2.46. The summed E-state index contributed by atoms with van der Waals surface area (Å²) in [4.78, 5) is 0. The highest BCUT2D eigenvalue weighted by Gasteiger charge is 1.90. The molecule has 106 valence electrons. The van der Waals surface area contributed by atoms with Crippen molar-refractivity contribution in [3.8, 4) is 0 Å². The van der Waals surface area contributed by atoms with Crippen LogP contribution in [0.5, 0.6) is 0 Å². The van der Waals surface area contributed by atoms with Gasteiger partial charge >= 0.3 is 0 Å². The van der Waals surface area contributed by atoms with Crippen LogP contribution in [0.15, 0.2) is 0 Å². The Bertz CT molecular complexity index is 205. The summed E-state index contributed by atoms with van der Waals surface area (Å²) < 4.78 is 25.9. The zero-order valence-electron chi connectivity index (χ0n) is 11.7. The van der Waals surface area contributed by atoms with Crippen molar-refractivity contribution >= 4 is 10.1 Å². The Kier molecular flexibility index (Phi) is 15.8. The Hall–Kier alpha value is -0.0900. The predicted octanol–water partition coefficient (Wildman–Crippen LogP) is 4.43. The van der Waals surface area contributed by atoms with Crippen molar-refractivity contribution in [1.29, 1.82) is 0 Å². The lowest BCUT2D eigenvalue weighted by atomic mass is 10.1. The maximum atomic E-state index is 9.19. The normalized spacial score (nSPS) is 10.8. The van der Waals surface area contributed by atoms with E-state index >= 15 is 0 Å². The summed E-state index contributed by atoms with van der Waals surface area (Å²) in [6, 6.07) is 0. The van der Waals surface area contributed by atoms with Crippen LogP contribution in [0.4, 0.5) is 0 Å². The van der Waals surface area contributed by atoms with Crippen molar-refractivity contribution in [2.75, 3.05) is 6.26 Å². The van der Waals surface area contributed by atoms with E-state index in [4.69, 9.17) is 4.55 Å². The van der Waals surface area contributed by atoms with Crippen LogP contribution in [0, 0.1) is 0 Å². The molecule has 0 aromatic heterocycles. The molecule has 3 nitrogen and oxygen atoms in total. The first-order valence-electron chi connectivity index (χ1n) is 6.84. The Balaban J connectivity index is 0. The second-order valence-corrected chi connectivity index (χ2v) is 6.03. The molecule has 0 rings (SSSR count). The third kappa shape index (κ3) is 38.8. The molecule has 0 atom stereocenters. The molecule has 0 saturated heterocycles. The second kappa shape index (κ2) is 14.0. The number of rotatable bonds is 9. The maximum Gasteiger partial charge on any atom is 0.261 e. The monoisotopic (exact) mass is 266 g/mol. The molecule has 0 heterocycles. The van der Waals surface area contributed by atoms with E-state index in [9.17, 15) is 8.42 Å². The molecular weight excluding hydrogens is 236 g/mol. The highest BCUT2D eigenvalue weighted by Crippen LogP contribution is 2.09. The quantitative estimate of drug-likeness (QED) is 0.496. The lowest BCUT2D eigenvalue weighted by Crippen LogP contribution is -1.88. The lowest BCUT2D eigenvalue weighted by molar-refractivity contribution is 0.490. The molecular formula is C13H30O3S. The highest BCUT2D eigenvalue weighted by molar-refractivity contribution is 7.85. The molecule has 0 unspecified atom stereocenters. The minimum atomic E-state index is -3.67. The van der Waals surface area contributed by atoms with E-state index in [1.807, 2.05) is 0 Å². The first-order chi connectivity index (χ1) is 7.91. The minimum Gasteiger partial charge on any atom is -0.286 e. The van der Waals surface area contributed by atoms with E-state index in [-0.39, 0.29) is 0 Å². The standard InChI is InChI=1S/C12H26.CH4O3S/c1-3-5-7-9-11-12-10-8-6-4-2;1-5(2,3)4/h3-12H2,1-2H3;1H3,(H,2,3,4). The van der Waals surface area contributed by atoms with Crippen molar-refractivity contribution < 1.29 is 13.0 Å². The molecule has 0 bridgehead atoms. The largest absolute Gasteiger partial charge is 0.286 e. The van der Waals surface area contributed by atoms with Crippen molar-refractivity contribution in [3.05, 3.63) is 0 Å².